The third-order valence-corrected chi connectivity index (χ3v) is 2.86. The Kier molecular flexibility index (Phi) is 7.75. The zero-order valence-corrected chi connectivity index (χ0v) is 12.6. The Hall–Kier alpha value is -1.53. The summed E-state index contributed by atoms with van der Waals surface area (Å²) in [5.41, 5.74) is 6.48. The Morgan fingerprint density at radius 1 is 1.55 bits per heavy atom. The van der Waals surface area contributed by atoms with Crippen molar-refractivity contribution in [2.24, 2.45) is 5.73 Å². The van der Waals surface area contributed by atoms with E-state index in [4.69, 9.17) is 22.7 Å². The predicted molar refractivity (Wildman–Crippen MR) is 82.2 cm³/mol. The number of hydrogen-bond acceptors (Lipinski definition) is 4. The van der Waals surface area contributed by atoms with Crippen molar-refractivity contribution in [1.82, 2.24) is 9.88 Å². The molecule has 0 spiro atoms. The number of carbonyl (C=O) groups is 1. The number of hydrogen-bond donors (Lipinski definition) is 1. The van der Waals surface area contributed by atoms with Crippen LogP contribution < -0.4 is 5.73 Å². The standard InChI is InChI=1S/C14H21N3O2S/c1-2-8-19-11-14(18)17(7-5-13(15)20)10-12-4-3-6-16-9-12/h3-4,6,9H,2,5,7-8,10-11H2,1H3,(H2,15,20). The van der Waals surface area contributed by atoms with Gasteiger partial charge in [0.25, 0.3) is 0 Å². The zero-order chi connectivity index (χ0) is 14.8. The summed E-state index contributed by atoms with van der Waals surface area (Å²) in [6, 6.07) is 3.78. The van der Waals surface area contributed by atoms with E-state index in [-0.39, 0.29) is 12.5 Å². The Bertz CT molecular complexity index is 426. The first-order valence-electron chi connectivity index (χ1n) is 6.66. The number of aromatic nitrogens is 1. The number of carbonyl (C=O) groups excluding carboxylic acids is 1. The van der Waals surface area contributed by atoms with E-state index in [9.17, 15) is 4.79 Å². The molecule has 0 saturated carbocycles. The van der Waals surface area contributed by atoms with Crippen molar-refractivity contribution in [3.05, 3.63) is 30.1 Å². The second kappa shape index (κ2) is 9.39. The van der Waals surface area contributed by atoms with Crippen LogP contribution in [0.5, 0.6) is 0 Å². The van der Waals surface area contributed by atoms with E-state index in [1.807, 2.05) is 19.1 Å². The molecule has 1 aromatic heterocycles. The summed E-state index contributed by atoms with van der Waals surface area (Å²) in [5, 5.41) is 0. The lowest BCUT2D eigenvalue weighted by atomic mass is 10.2. The molecule has 0 radical (unpaired) electrons. The fourth-order valence-corrected chi connectivity index (χ4v) is 1.74. The second-order valence-electron chi connectivity index (χ2n) is 4.45. The fraction of sp³-hybridized carbons (Fsp3) is 0.500. The van der Waals surface area contributed by atoms with Crippen molar-refractivity contribution in [2.45, 2.75) is 26.3 Å². The van der Waals surface area contributed by atoms with Gasteiger partial charge in [-0.05, 0) is 18.1 Å². The topological polar surface area (TPSA) is 68.5 Å². The van der Waals surface area contributed by atoms with Gasteiger partial charge in [0.2, 0.25) is 5.91 Å². The Balaban J connectivity index is 2.59. The van der Waals surface area contributed by atoms with E-state index >= 15 is 0 Å². The highest BCUT2D eigenvalue weighted by molar-refractivity contribution is 7.80. The SMILES string of the molecule is CCCOCC(=O)N(CCC(N)=S)Cc1cccnc1. The molecule has 0 bridgehead atoms. The minimum Gasteiger partial charge on any atom is -0.393 e. The molecule has 0 atom stereocenters. The van der Waals surface area contributed by atoms with Crippen LogP contribution in [0.1, 0.15) is 25.3 Å². The molecule has 0 aliphatic carbocycles. The average Bonchev–Trinajstić information content (AvgIpc) is 2.44. The van der Waals surface area contributed by atoms with E-state index in [2.05, 4.69) is 4.98 Å². The molecular formula is C14H21N3O2S. The highest BCUT2D eigenvalue weighted by Gasteiger charge is 2.14. The monoisotopic (exact) mass is 295 g/mol. The molecule has 2 N–H and O–H groups in total. The highest BCUT2D eigenvalue weighted by atomic mass is 32.1. The van der Waals surface area contributed by atoms with Crippen LogP contribution in [-0.2, 0) is 16.1 Å². The number of ether oxygens (including phenoxy) is 1. The van der Waals surface area contributed by atoms with Gasteiger partial charge in [-0.3, -0.25) is 9.78 Å². The summed E-state index contributed by atoms with van der Waals surface area (Å²) in [6.45, 7) is 3.67. The van der Waals surface area contributed by atoms with Crippen LogP contribution in [0.3, 0.4) is 0 Å². The van der Waals surface area contributed by atoms with Crippen molar-refractivity contribution in [2.75, 3.05) is 19.8 Å². The molecule has 20 heavy (non-hydrogen) atoms. The smallest absolute Gasteiger partial charge is 0.248 e. The number of rotatable bonds is 9. The normalized spacial score (nSPS) is 10.2. The van der Waals surface area contributed by atoms with Crippen molar-refractivity contribution in [3.8, 4) is 0 Å². The summed E-state index contributed by atoms with van der Waals surface area (Å²) < 4.78 is 5.30. The lowest BCUT2D eigenvalue weighted by Gasteiger charge is -2.22. The third-order valence-electron chi connectivity index (χ3n) is 2.65. The van der Waals surface area contributed by atoms with Crippen molar-refractivity contribution < 1.29 is 9.53 Å². The number of thiocarbonyl (C=S) groups is 1. The lowest BCUT2D eigenvalue weighted by molar-refractivity contribution is -0.136. The lowest BCUT2D eigenvalue weighted by Crippen LogP contribution is -2.36. The van der Waals surface area contributed by atoms with Crippen molar-refractivity contribution >= 4 is 23.1 Å². The van der Waals surface area contributed by atoms with Gasteiger partial charge in [-0.25, -0.2) is 0 Å². The second-order valence-corrected chi connectivity index (χ2v) is 4.97. The van der Waals surface area contributed by atoms with Crippen molar-refractivity contribution in [1.29, 1.82) is 0 Å². The summed E-state index contributed by atoms with van der Waals surface area (Å²) in [7, 11) is 0. The summed E-state index contributed by atoms with van der Waals surface area (Å²) in [5.74, 6) is -0.0569. The van der Waals surface area contributed by atoms with Gasteiger partial charge >= 0.3 is 0 Å². The minimum absolute atomic E-state index is 0.0569. The highest BCUT2D eigenvalue weighted by Crippen LogP contribution is 2.05. The van der Waals surface area contributed by atoms with E-state index < -0.39 is 0 Å². The van der Waals surface area contributed by atoms with E-state index in [1.54, 1.807) is 17.3 Å². The van der Waals surface area contributed by atoms with Crippen LogP contribution >= 0.6 is 12.2 Å². The molecule has 1 heterocycles. The van der Waals surface area contributed by atoms with Gasteiger partial charge in [0.1, 0.15) is 6.61 Å². The molecule has 6 heteroatoms. The van der Waals surface area contributed by atoms with Gasteiger partial charge in [0, 0.05) is 38.5 Å². The Morgan fingerprint density at radius 2 is 2.35 bits per heavy atom. The predicted octanol–water partition coefficient (Wildman–Crippen LogP) is 1.51. The molecule has 0 fully saturated rings. The largest absolute Gasteiger partial charge is 0.393 e. The van der Waals surface area contributed by atoms with Crippen molar-refractivity contribution in [3.63, 3.8) is 0 Å². The molecule has 0 unspecified atom stereocenters. The average molecular weight is 295 g/mol. The Labute approximate surface area is 125 Å². The molecule has 1 amide bonds. The fourth-order valence-electron chi connectivity index (χ4n) is 1.64. The molecule has 0 aliphatic heterocycles. The zero-order valence-electron chi connectivity index (χ0n) is 11.7. The van der Waals surface area contributed by atoms with Crippen LogP contribution in [0.25, 0.3) is 0 Å². The van der Waals surface area contributed by atoms with E-state index in [1.165, 1.54) is 0 Å². The Morgan fingerprint density at radius 3 is 2.95 bits per heavy atom. The molecule has 1 aromatic rings. The molecule has 110 valence electrons. The van der Waals surface area contributed by atoms with Crippen LogP contribution in [-0.4, -0.2) is 40.5 Å². The number of nitrogens with zero attached hydrogens (tertiary/aromatic N) is 2. The van der Waals surface area contributed by atoms with Crippen LogP contribution in [0, 0.1) is 0 Å². The number of amides is 1. The summed E-state index contributed by atoms with van der Waals surface area (Å²) in [6.07, 6.45) is 4.85. The van der Waals surface area contributed by atoms with Gasteiger partial charge in [-0.2, -0.15) is 0 Å². The van der Waals surface area contributed by atoms with Crippen LogP contribution in [0.4, 0.5) is 0 Å². The molecule has 1 rings (SSSR count). The maximum absolute atomic E-state index is 12.1. The first kappa shape index (κ1) is 16.5. The summed E-state index contributed by atoms with van der Waals surface area (Å²) >= 11 is 4.87. The van der Waals surface area contributed by atoms with E-state index in [0.717, 1.165) is 12.0 Å². The van der Waals surface area contributed by atoms with Gasteiger partial charge in [-0.15, -0.1) is 0 Å². The minimum atomic E-state index is -0.0569. The van der Waals surface area contributed by atoms with E-state index in [0.29, 0.717) is 31.1 Å². The van der Waals surface area contributed by atoms with Gasteiger partial charge < -0.3 is 15.4 Å². The van der Waals surface area contributed by atoms with Gasteiger partial charge in [0.15, 0.2) is 0 Å². The molecular weight excluding hydrogens is 274 g/mol. The molecule has 0 aromatic carbocycles. The van der Waals surface area contributed by atoms with Crippen LogP contribution in [0.15, 0.2) is 24.5 Å². The maximum Gasteiger partial charge on any atom is 0.248 e. The van der Waals surface area contributed by atoms with Crippen LogP contribution in [0.2, 0.25) is 0 Å². The van der Waals surface area contributed by atoms with Gasteiger partial charge in [-0.1, -0.05) is 25.2 Å². The first-order valence-corrected chi connectivity index (χ1v) is 7.07. The molecule has 0 saturated heterocycles. The molecule has 0 aliphatic rings. The summed E-state index contributed by atoms with van der Waals surface area (Å²) in [4.78, 5) is 18.3. The molecule has 5 nitrogen and oxygen atoms in total. The first-order chi connectivity index (χ1) is 9.63. The quantitative estimate of drug-likeness (QED) is 0.552. The number of pyridine rings is 1. The maximum atomic E-state index is 12.1. The number of nitrogens with two attached hydrogens (primary N) is 1. The third kappa shape index (κ3) is 6.58. The van der Waals surface area contributed by atoms with Gasteiger partial charge in [0.05, 0.1) is 4.99 Å².